The van der Waals surface area contributed by atoms with Crippen molar-refractivity contribution in [3.63, 3.8) is 0 Å². The van der Waals surface area contributed by atoms with Gasteiger partial charge in [0.25, 0.3) is 5.69 Å². The van der Waals surface area contributed by atoms with Crippen LogP contribution in [-0.2, 0) is 0 Å². The number of hydrogen-bond acceptors (Lipinski definition) is 4. The molecular formula is C12H5F5N2O3. The Morgan fingerprint density at radius 3 is 1.95 bits per heavy atom. The molecule has 2 aromatic rings. The molecule has 1 heterocycles. The summed E-state index contributed by atoms with van der Waals surface area (Å²) in [6, 6.07) is 1.78. The summed E-state index contributed by atoms with van der Waals surface area (Å²) in [6.45, 7) is 0. The molecule has 0 unspecified atom stereocenters. The molecule has 1 aromatic carbocycles. The zero-order valence-electron chi connectivity index (χ0n) is 10.7. The number of ether oxygens (including phenoxy) is 1. The maximum Gasteiger partial charge on any atom is 0.296 e. The van der Waals surface area contributed by atoms with Crippen molar-refractivity contribution in [2.75, 3.05) is 7.11 Å². The number of benzene rings is 1. The lowest BCUT2D eigenvalue weighted by atomic mass is 10.1. The Morgan fingerprint density at radius 2 is 1.50 bits per heavy atom. The molecule has 0 amide bonds. The molecule has 0 fully saturated rings. The Labute approximate surface area is 119 Å². The molecule has 0 aliphatic rings. The van der Waals surface area contributed by atoms with Crippen molar-refractivity contribution in [2.45, 2.75) is 0 Å². The first-order chi connectivity index (χ1) is 10.3. The average molecular weight is 320 g/mol. The molecular weight excluding hydrogens is 315 g/mol. The SMILES string of the molecule is COc1ccc([N+](=O)[O-])c(-c2c(F)c(F)c(F)c(F)c2F)n1. The fraction of sp³-hybridized carbons (Fsp3) is 0.0833. The van der Waals surface area contributed by atoms with E-state index in [-0.39, 0.29) is 5.88 Å². The number of nitro groups is 1. The van der Waals surface area contributed by atoms with Gasteiger partial charge in [-0.1, -0.05) is 0 Å². The lowest BCUT2D eigenvalue weighted by molar-refractivity contribution is -0.384. The molecule has 0 saturated heterocycles. The van der Waals surface area contributed by atoms with Gasteiger partial charge in [0, 0.05) is 12.1 Å². The molecule has 116 valence electrons. The number of hydrogen-bond donors (Lipinski definition) is 0. The number of nitrogens with zero attached hydrogens (tertiary/aromatic N) is 2. The Morgan fingerprint density at radius 1 is 1.00 bits per heavy atom. The van der Waals surface area contributed by atoms with E-state index in [1.54, 1.807) is 0 Å². The second kappa shape index (κ2) is 5.54. The zero-order valence-corrected chi connectivity index (χ0v) is 10.7. The Hall–Kier alpha value is -2.78. The molecule has 5 nitrogen and oxygen atoms in total. The van der Waals surface area contributed by atoms with Gasteiger partial charge in [-0.25, -0.2) is 26.9 Å². The second-order valence-electron chi connectivity index (χ2n) is 3.92. The molecule has 22 heavy (non-hydrogen) atoms. The van der Waals surface area contributed by atoms with Crippen LogP contribution in [0, 0.1) is 39.2 Å². The van der Waals surface area contributed by atoms with Crippen LogP contribution in [0.15, 0.2) is 12.1 Å². The number of rotatable bonds is 3. The molecule has 0 saturated carbocycles. The summed E-state index contributed by atoms with van der Waals surface area (Å²) in [7, 11) is 1.11. The van der Waals surface area contributed by atoms with E-state index in [2.05, 4.69) is 9.72 Å². The minimum absolute atomic E-state index is 0.301. The van der Waals surface area contributed by atoms with Gasteiger partial charge in [-0.15, -0.1) is 0 Å². The van der Waals surface area contributed by atoms with Gasteiger partial charge >= 0.3 is 0 Å². The summed E-state index contributed by atoms with van der Waals surface area (Å²) >= 11 is 0. The van der Waals surface area contributed by atoms with Gasteiger partial charge in [0.05, 0.1) is 17.6 Å². The Balaban J connectivity index is 2.90. The summed E-state index contributed by atoms with van der Waals surface area (Å²) in [5.74, 6) is -11.6. The van der Waals surface area contributed by atoms with Gasteiger partial charge in [0.15, 0.2) is 29.0 Å². The summed E-state index contributed by atoms with van der Waals surface area (Å²) in [5, 5.41) is 10.9. The normalized spacial score (nSPS) is 10.6. The Kier molecular flexibility index (Phi) is 3.93. The van der Waals surface area contributed by atoms with E-state index in [4.69, 9.17) is 0 Å². The second-order valence-corrected chi connectivity index (χ2v) is 3.92. The van der Waals surface area contributed by atoms with E-state index in [1.807, 2.05) is 0 Å². The smallest absolute Gasteiger partial charge is 0.296 e. The van der Waals surface area contributed by atoms with E-state index in [0.717, 1.165) is 19.2 Å². The molecule has 0 aliphatic heterocycles. The topological polar surface area (TPSA) is 65.3 Å². The first kappa shape index (κ1) is 15.6. The van der Waals surface area contributed by atoms with Crippen LogP contribution in [0.3, 0.4) is 0 Å². The predicted molar refractivity (Wildman–Crippen MR) is 62.7 cm³/mol. The van der Waals surface area contributed by atoms with E-state index < -0.39 is 51.0 Å². The standard InChI is InChI=1S/C12H5F5N2O3/c1-22-5-3-2-4(19(20)21)12(18-5)6-7(13)9(15)11(17)10(16)8(6)14/h2-3H,1H3. The maximum atomic E-state index is 13.7. The van der Waals surface area contributed by atoms with Crippen molar-refractivity contribution in [1.29, 1.82) is 0 Å². The fourth-order valence-corrected chi connectivity index (χ4v) is 1.69. The molecule has 10 heteroatoms. The van der Waals surface area contributed by atoms with Crippen LogP contribution in [0.5, 0.6) is 5.88 Å². The minimum Gasteiger partial charge on any atom is -0.481 e. The van der Waals surface area contributed by atoms with E-state index in [0.29, 0.717) is 0 Å². The minimum atomic E-state index is -2.37. The summed E-state index contributed by atoms with van der Waals surface area (Å²) in [4.78, 5) is 13.2. The lowest BCUT2D eigenvalue weighted by Crippen LogP contribution is -2.07. The highest BCUT2D eigenvalue weighted by Crippen LogP contribution is 2.36. The summed E-state index contributed by atoms with van der Waals surface area (Å²) < 4.78 is 71.6. The third-order valence-electron chi connectivity index (χ3n) is 2.70. The van der Waals surface area contributed by atoms with E-state index in [1.165, 1.54) is 0 Å². The van der Waals surface area contributed by atoms with Crippen LogP contribution >= 0.6 is 0 Å². The summed E-state index contributed by atoms with van der Waals surface area (Å²) in [5.41, 5.74) is -3.47. The molecule has 0 bridgehead atoms. The average Bonchev–Trinajstić information content (AvgIpc) is 2.50. The van der Waals surface area contributed by atoms with Gasteiger partial charge in [0.1, 0.15) is 0 Å². The molecule has 2 rings (SSSR count). The highest BCUT2D eigenvalue weighted by molar-refractivity contribution is 5.71. The van der Waals surface area contributed by atoms with Crippen LogP contribution in [0.1, 0.15) is 0 Å². The molecule has 0 spiro atoms. The van der Waals surface area contributed by atoms with Crippen LogP contribution in [0.2, 0.25) is 0 Å². The van der Waals surface area contributed by atoms with Crippen molar-refractivity contribution >= 4 is 5.69 Å². The third-order valence-corrected chi connectivity index (χ3v) is 2.70. The molecule has 0 N–H and O–H groups in total. The predicted octanol–water partition coefficient (Wildman–Crippen LogP) is 3.36. The molecule has 1 aromatic heterocycles. The maximum absolute atomic E-state index is 13.7. The highest BCUT2D eigenvalue weighted by atomic mass is 19.2. The molecule has 0 radical (unpaired) electrons. The zero-order chi connectivity index (χ0) is 16.6. The van der Waals surface area contributed by atoms with Crippen molar-refractivity contribution in [3.8, 4) is 17.1 Å². The summed E-state index contributed by atoms with van der Waals surface area (Å²) in [6.07, 6.45) is 0. The van der Waals surface area contributed by atoms with Gasteiger partial charge in [-0.2, -0.15) is 0 Å². The molecule has 0 atom stereocenters. The van der Waals surface area contributed by atoms with Crippen molar-refractivity contribution < 1.29 is 31.6 Å². The lowest BCUT2D eigenvalue weighted by Gasteiger charge is -2.09. The van der Waals surface area contributed by atoms with E-state index >= 15 is 0 Å². The third kappa shape index (κ3) is 2.32. The van der Waals surface area contributed by atoms with Crippen LogP contribution in [-0.4, -0.2) is 17.0 Å². The monoisotopic (exact) mass is 320 g/mol. The van der Waals surface area contributed by atoms with Gasteiger partial charge in [0.2, 0.25) is 11.7 Å². The van der Waals surface area contributed by atoms with E-state index in [9.17, 15) is 32.1 Å². The Bertz CT molecular complexity index is 753. The van der Waals surface area contributed by atoms with Crippen LogP contribution in [0.25, 0.3) is 11.3 Å². The number of pyridine rings is 1. The largest absolute Gasteiger partial charge is 0.481 e. The highest BCUT2D eigenvalue weighted by Gasteiger charge is 2.31. The molecule has 0 aliphatic carbocycles. The number of methoxy groups -OCH3 is 1. The van der Waals surface area contributed by atoms with Gasteiger partial charge < -0.3 is 4.74 Å². The van der Waals surface area contributed by atoms with Gasteiger partial charge in [-0.05, 0) is 0 Å². The quantitative estimate of drug-likeness (QED) is 0.286. The first-order valence-electron chi connectivity index (χ1n) is 5.50. The first-order valence-corrected chi connectivity index (χ1v) is 5.50. The van der Waals surface area contributed by atoms with Crippen molar-refractivity contribution in [2.24, 2.45) is 0 Å². The van der Waals surface area contributed by atoms with Crippen LogP contribution < -0.4 is 4.74 Å². The number of aromatic nitrogens is 1. The number of halogens is 5. The van der Waals surface area contributed by atoms with Crippen LogP contribution in [0.4, 0.5) is 27.6 Å². The van der Waals surface area contributed by atoms with Gasteiger partial charge in [-0.3, -0.25) is 10.1 Å². The van der Waals surface area contributed by atoms with Crippen molar-refractivity contribution in [3.05, 3.63) is 51.3 Å². The fourth-order valence-electron chi connectivity index (χ4n) is 1.69. The van der Waals surface area contributed by atoms with Crippen molar-refractivity contribution in [1.82, 2.24) is 4.98 Å².